The fourth-order valence-corrected chi connectivity index (χ4v) is 3.95. The Morgan fingerprint density at radius 3 is 2.69 bits per heavy atom. The Labute approximate surface area is 82.9 Å². The summed E-state index contributed by atoms with van der Waals surface area (Å²) < 4.78 is 11.5. The van der Waals surface area contributed by atoms with E-state index in [0.29, 0.717) is 6.04 Å². The largest absolute Gasteiger partial charge is 0.313 e. The van der Waals surface area contributed by atoms with Gasteiger partial charge in [0.25, 0.3) is 0 Å². The molecule has 0 aromatic rings. The molecule has 0 spiro atoms. The highest BCUT2D eigenvalue weighted by atomic mass is 32.2. The molecule has 0 radical (unpaired) electrons. The zero-order chi connectivity index (χ0) is 9.10. The summed E-state index contributed by atoms with van der Waals surface area (Å²) in [6.45, 7) is 1.08. The summed E-state index contributed by atoms with van der Waals surface area (Å²) in [5, 5.41) is 3.56. The van der Waals surface area contributed by atoms with Crippen molar-refractivity contribution < 1.29 is 4.21 Å². The van der Waals surface area contributed by atoms with Crippen molar-refractivity contribution >= 4 is 10.8 Å². The van der Waals surface area contributed by atoms with Gasteiger partial charge in [-0.05, 0) is 31.7 Å². The van der Waals surface area contributed by atoms with Crippen LogP contribution >= 0.6 is 0 Å². The monoisotopic (exact) mass is 201 g/mol. The Kier molecular flexibility index (Phi) is 3.39. The van der Waals surface area contributed by atoms with E-state index in [1.807, 2.05) is 0 Å². The van der Waals surface area contributed by atoms with Gasteiger partial charge in [0.15, 0.2) is 0 Å². The van der Waals surface area contributed by atoms with Gasteiger partial charge in [0.05, 0.1) is 0 Å². The fourth-order valence-electron chi connectivity index (χ4n) is 2.53. The van der Waals surface area contributed by atoms with Gasteiger partial charge in [-0.1, -0.05) is 12.8 Å². The van der Waals surface area contributed by atoms with E-state index in [1.165, 1.54) is 25.7 Å². The van der Waals surface area contributed by atoms with Crippen LogP contribution in [0.3, 0.4) is 0 Å². The molecular weight excluding hydrogens is 182 g/mol. The highest BCUT2D eigenvalue weighted by Gasteiger charge is 2.27. The van der Waals surface area contributed by atoms with Gasteiger partial charge in [0, 0.05) is 28.3 Å². The maximum absolute atomic E-state index is 11.5. The van der Waals surface area contributed by atoms with Crippen LogP contribution in [-0.2, 0) is 10.8 Å². The van der Waals surface area contributed by atoms with E-state index in [-0.39, 0.29) is 0 Å². The molecule has 0 bridgehead atoms. The molecule has 2 nitrogen and oxygen atoms in total. The van der Waals surface area contributed by atoms with Gasteiger partial charge in [0.1, 0.15) is 0 Å². The van der Waals surface area contributed by atoms with Crippen molar-refractivity contribution in [1.29, 1.82) is 0 Å². The van der Waals surface area contributed by atoms with Crippen LogP contribution in [0.1, 0.15) is 32.1 Å². The third-order valence-corrected chi connectivity index (χ3v) is 4.76. The van der Waals surface area contributed by atoms with Crippen molar-refractivity contribution in [2.45, 2.75) is 38.1 Å². The standard InChI is InChI=1S/C10H19NOS/c12-13-7-3-6-11-10(8-13)9-4-1-2-5-9/h9-11H,1-8H2. The second-order valence-electron chi connectivity index (χ2n) is 4.27. The molecule has 76 valence electrons. The molecule has 1 N–H and O–H groups in total. The smallest absolute Gasteiger partial charge is 0.0391 e. The molecule has 2 atom stereocenters. The van der Waals surface area contributed by atoms with E-state index < -0.39 is 10.8 Å². The number of hydrogen-bond donors (Lipinski definition) is 1. The first-order valence-electron chi connectivity index (χ1n) is 5.44. The topological polar surface area (TPSA) is 29.1 Å². The third kappa shape index (κ3) is 2.53. The van der Waals surface area contributed by atoms with E-state index >= 15 is 0 Å². The molecule has 13 heavy (non-hydrogen) atoms. The molecule has 1 saturated carbocycles. The lowest BCUT2D eigenvalue weighted by Gasteiger charge is -2.21. The predicted molar refractivity (Wildman–Crippen MR) is 56.2 cm³/mol. The quantitative estimate of drug-likeness (QED) is 0.692. The van der Waals surface area contributed by atoms with Gasteiger partial charge < -0.3 is 5.32 Å². The van der Waals surface area contributed by atoms with Crippen LogP contribution in [0.2, 0.25) is 0 Å². The first-order valence-corrected chi connectivity index (χ1v) is 6.93. The second-order valence-corrected chi connectivity index (χ2v) is 5.89. The van der Waals surface area contributed by atoms with Gasteiger partial charge >= 0.3 is 0 Å². The molecule has 2 fully saturated rings. The Bertz CT molecular complexity index is 189. The van der Waals surface area contributed by atoms with Crippen molar-refractivity contribution in [3.63, 3.8) is 0 Å². The van der Waals surface area contributed by atoms with Crippen molar-refractivity contribution in [1.82, 2.24) is 5.32 Å². The van der Waals surface area contributed by atoms with Crippen molar-refractivity contribution in [3.05, 3.63) is 0 Å². The lowest BCUT2D eigenvalue weighted by molar-refractivity contribution is 0.391. The molecule has 3 heteroatoms. The normalized spacial score (nSPS) is 37.5. The molecule has 2 rings (SSSR count). The van der Waals surface area contributed by atoms with Crippen molar-refractivity contribution in [2.75, 3.05) is 18.1 Å². The van der Waals surface area contributed by atoms with Crippen molar-refractivity contribution in [2.24, 2.45) is 5.92 Å². The van der Waals surface area contributed by atoms with Crippen molar-refractivity contribution in [3.8, 4) is 0 Å². The van der Waals surface area contributed by atoms with Crippen LogP contribution in [0.25, 0.3) is 0 Å². The highest BCUT2D eigenvalue weighted by molar-refractivity contribution is 7.85. The molecule has 0 amide bonds. The first-order chi connectivity index (χ1) is 6.36. The summed E-state index contributed by atoms with van der Waals surface area (Å²) in [7, 11) is -0.546. The van der Waals surface area contributed by atoms with Gasteiger partial charge in [-0.3, -0.25) is 4.21 Å². The van der Waals surface area contributed by atoms with E-state index in [0.717, 1.165) is 30.4 Å². The average Bonchev–Trinajstić information content (AvgIpc) is 2.56. The van der Waals surface area contributed by atoms with Crippen LogP contribution in [0.5, 0.6) is 0 Å². The summed E-state index contributed by atoms with van der Waals surface area (Å²) in [5.74, 6) is 2.64. The average molecular weight is 201 g/mol. The molecule has 0 aromatic heterocycles. The molecule has 1 aliphatic carbocycles. The van der Waals surface area contributed by atoms with Crippen LogP contribution in [0.4, 0.5) is 0 Å². The Morgan fingerprint density at radius 1 is 1.15 bits per heavy atom. The SMILES string of the molecule is O=S1CCCNC(C2CCCC2)C1. The summed E-state index contributed by atoms with van der Waals surface area (Å²) in [6.07, 6.45) is 6.57. The maximum atomic E-state index is 11.5. The van der Waals surface area contributed by atoms with Crippen LogP contribution in [0.15, 0.2) is 0 Å². The van der Waals surface area contributed by atoms with E-state index in [1.54, 1.807) is 0 Å². The van der Waals surface area contributed by atoms with Gasteiger partial charge in [-0.15, -0.1) is 0 Å². The number of rotatable bonds is 1. The third-order valence-electron chi connectivity index (χ3n) is 3.29. The fraction of sp³-hybridized carbons (Fsp3) is 1.00. The zero-order valence-electron chi connectivity index (χ0n) is 8.13. The summed E-state index contributed by atoms with van der Waals surface area (Å²) in [6, 6.07) is 0.561. The minimum Gasteiger partial charge on any atom is -0.313 e. The van der Waals surface area contributed by atoms with Crippen LogP contribution < -0.4 is 5.32 Å². The molecule has 0 aromatic carbocycles. The minimum absolute atomic E-state index is 0.546. The summed E-state index contributed by atoms with van der Waals surface area (Å²) in [5.41, 5.74) is 0. The lowest BCUT2D eigenvalue weighted by Crippen LogP contribution is -2.38. The minimum atomic E-state index is -0.546. The molecule has 1 heterocycles. The Morgan fingerprint density at radius 2 is 1.92 bits per heavy atom. The van der Waals surface area contributed by atoms with Gasteiger partial charge in [0.2, 0.25) is 0 Å². The van der Waals surface area contributed by atoms with Crippen LogP contribution in [-0.4, -0.2) is 28.3 Å². The van der Waals surface area contributed by atoms with Gasteiger partial charge in [-0.25, -0.2) is 0 Å². The highest BCUT2D eigenvalue weighted by Crippen LogP contribution is 2.28. The van der Waals surface area contributed by atoms with Crippen LogP contribution in [0, 0.1) is 5.92 Å². The maximum Gasteiger partial charge on any atom is 0.0391 e. The molecular formula is C10H19NOS. The predicted octanol–water partition coefficient (Wildman–Crippen LogP) is 1.29. The summed E-state index contributed by atoms with van der Waals surface area (Å²) in [4.78, 5) is 0. The van der Waals surface area contributed by atoms with E-state index in [9.17, 15) is 4.21 Å². The van der Waals surface area contributed by atoms with Gasteiger partial charge in [-0.2, -0.15) is 0 Å². The number of hydrogen-bond acceptors (Lipinski definition) is 2. The lowest BCUT2D eigenvalue weighted by atomic mass is 10.00. The first kappa shape index (κ1) is 9.66. The molecule has 1 saturated heterocycles. The Hall–Kier alpha value is 0.110. The van der Waals surface area contributed by atoms with E-state index in [4.69, 9.17) is 0 Å². The number of nitrogens with one attached hydrogen (secondary N) is 1. The second kappa shape index (κ2) is 4.56. The Balaban J connectivity index is 1.92. The molecule has 2 aliphatic rings. The molecule has 1 aliphatic heterocycles. The zero-order valence-corrected chi connectivity index (χ0v) is 8.94. The van der Waals surface area contributed by atoms with E-state index in [2.05, 4.69) is 5.32 Å². The summed E-state index contributed by atoms with van der Waals surface area (Å²) >= 11 is 0. The molecule has 2 unspecified atom stereocenters.